The van der Waals surface area contributed by atoms with Crippen molar-refractivity contribution in [2.45, 2.75) is 25.7 Å². The standard InChI is InChI=1S/C23H26N2O2/c26-22-10-8-21(9-11-22)24-13-15-25(16-14-24)23(27)12-6-18-5-7-19-3-1-2-4-20(19)17-18/h1,3,5,7-11,17,26H,2,4,6,12-16H2. The second kappa shape index (κ2) is 7.87. The molecule has 1 heterocycles. The highest BCUT2D eigenvalue weighted by molar-refractivity contribution is 5.77. The molecule has 0 aromatic heterocycles. The van der Waals surface area contributed by atoms with Crippen molar-refractivity contribution in [2.75, 3.05) is 31.1 Å². The second-order valence-electron chi connectivity index (χ2n) is 7.36. The van der Waals surface area contributed by atoms with E-state index >= 15 is 0 Å². The van der Waals surface area contributed by atoms with Crippen LogP contribution in [0.3, 0.4) is 0 Å². The zero-order valence-electron chi connectivity index (χ0n) is 15.6. The van der Waals surface area contributed by atoms with Crippen LogP contribution in [0.1, 0.15) is 29.5 Å². The highest BCUT2D eigenvalue weighted by Crippen LogP contribution is 2.22. The number of carbonyl (C=O) groups is 1. The molecule has 1 aliphatic heterocycles. The summed E-state index contributed by atoms with van der Waals surface area (Å²) in [5, 5.41) is 9.41. The van der Waals surface area contributed by atoms with Crippen LogP contribution in [0.15, 0.2) is 48.5 Å². The highest BCUT2D eigenvalue weighted by Gasteiger charge is 2.21. The Bertz CT molecular complexity index is 834. The van der Waals surface area contributed by atoms with Crippen LogP contribution in [-0.2, 0) is 17.6 Å². The summed E-state index contributed by atoms with van der Waals surface area (Å²) in [5.74, 6) is 0.531. The number of rotatable bonds is 4. The lowest BCUT2D eigenvalue weighted by Crippen LogP contribution is -2.48. The van der Waals surface area contributed by atoms with E-state index in [4.69, 9.17) is 0 Å². The Balaban J connectivity index is 1.28. The van der Waals surface area contributed by atoms with Crippen molar-refractivity contribution in [3.05, 3.63) is 65.2 Å². The SMILES string of the molecule is O=C(CCc1ccc2c(c1)CCC=C2)N1CCN(c2ccc(O)cc2)CC1. The van der Waals surface area contributed by atoms with Crippen LogP contribution in [0.4, 0.5) is 5.69 Å². The minimum Gasteiger partial charge on any atom is -0.508 e. The summed E-state index contributed by atoms with van der Waals surface area (Å²) in [7, 11) is 0. The molecule has 4 heteroatoms. The van der Waals surface area contributed by atoms with Gasteiger partial charge in [0.1, 0.15) is 5.75 Å². The zero-order valence-corrected chi connectivity index (χ0v) is 15.6. The van der Waals surface area contributed by atoms with Crippen LogP contribution in [0.25, 0.3) is 6.08 Å². The number of carbonyl (C=O) groups excluding carboxylic acids is 1. The lowest BCUT2D eigenvalue weighted by molar-refractivity contribution is -0.131. The normalized spacial score (nSPS) is 16.3. The quantitative estimate of drug-likeness (QED) is 0.903. The molecule has 27 heavy (non-hydrogen) atoms. The summed E-state index contributed by atoms with van der Waals surface area (Å²) >= 11 is 0. The number of phenolic OH excluding ortho intramolecular Hbond substituents is 1. The summed E-state index contributed by atoms with van der Waals surface area (Å²) in [6.07, 6.45) is 8.03. The molecule has 2 aliphatic rings. The smallest absolute Gasteiger partial charge is 0.223 e. The number of benzene rings is 2. The number of aromatic hydroxyl groups is 1. The highest BCUT2D eigenvalue weighted by atomic mass is 16.3. The lowest BCUT2D eigenvalue weighted by atomic mass is 9.94. The van der Waals surface area contributed by atoms with Gasteiger partial charge in [0.15, 0.2) is 0 Å². The molecule has 2 aromatic carbocycles. The molecule has 1 fully saturated rings. The van der Waals surface area contributed by atoms with Crippen LogP contribution in [0, 0.1) is 0 Å². The molecule has 4 rings (SSSR count). The number of anilines is 1. The molecule has 0 bridgehead atoms. The number of aryl methyl sites for hydroxylation is 2. The van der Waals surface area contributed by atoms with Gasteiger partial charge in [-0.25, -0.2) is 0 Å². The fraction of sp³-hybridized carbons (Fsp3) is 0.348. The van der Waals surface area contributed by atoms with E-state index in [2.05, 4.69) is 35.3 Å². The van der Waals surface area contributed by atoms with Gasteiger partial charge in [-0.05, 0) is 60.2 Å². The Morgan fingerprint density at radius 2 is 1.78 bits per heavy atom. The lowest BCUT2D eigenvalue weighted by Gasteiger charge is -2.36. The van der Waals surface area contributed by atoms with Crippen molar-refractivity contribution in [3.63, 3.8) is 0 Å². The Kier molecular flexibility index (Phi) is 5.14. The van der Waals surface area contributed by atoms with Gasteiger partial charge in [-0.3, -0.25) is 4.79 Å². The molecule has 1 N–H and O–H groups in total. The third kappa shape index (κ3) is 4.16. The maximum atomic E-state index is 12.6. The van der Waals surface area contributed by atoms with E-state index in [-0.39, 0.29) is 11.7 Å². The van der Waals surface area contributed by atoms with Crippen LogP contribution in [0.2, 0.25) is 0 Å². The second-order valence-corrected chi connectivity index (χ2v) is 7.36. The van der Waals surface area contributed by atoms with Gasteiger partial charge < -0.3 is 14.9 Å². The van der Waals surface area contributed by atoms with Crippen molar-refractivity contribution in [2.24, 2.45) is 0 Å². The number of allylic oxidation sites excluding steroid dienone is 1. The molecule has 0 saturated carbocycles. The van der Waals surface area contributed by atoms with E-state index in [1.807, 2.05) is 17.0 Å². The fourth-order valence-corrected chi connectivity index (χ4v) is 3.93. The number of amides is 1. The zero-order chi connectivity index (χ0) is 18.6. The molecular weight excluding hydrogens is 336 g/mol. The van der Waals surface area contributed by atoms with E-state index in [1.54, 1.807) is 12.1 Å². The molecule has 4 nitrogen and oxygen atoms in total. The van der Waals surface area contributed by atoms with Crippen LogP contribution in [0.5, 0.6) is 5.75 Å². The van der Waals surface area contributed by atoms with Crippen LogP contribution >= 0.6 is 0 Å². The number of hydrogen-bond donors (Lipinski definition) is 1. The summed E-state index contributed by atoms with van der Waals surface area (Å²) in [4.78, 5) is 16.9. The maximum Gasteiger partial charge on any atom is 0.223 e. The van der Waals surface area contributed by atoms with Gasteiger partial charge in [0.2, 0.25) is 5.91 Å². The molecule has 140 valence electrons. The molecule has 1 aliphatic carbocycles. The largest absolute Gasteiger partial charge is 0.508 e. The molecule has 0 atom stereocenters. The molecule has 0 spiro atoms. The van der Waals surface area contributed by atoms with Crippen molar-refractivity contribution in [1.82, 2.24) is 4.90 Å². The summed E-state index contributed by atoms with van der Waals surface area (Å²) in [6, 6.07) is 13.9. The van der Waals surface area contributed by atoms with Gasteiger partial charge in [-0.1, -0.05) is 30.4 Å². The Labute approximate surface area is 160 Å². The number of fused-ring (bicyclic) bond motifs is 1. The number of piperazine rings is 1. The molecule has 0 radical (unpaired) electrons. The first-order valence-corrected chi connectivity index (χ1v) is 9.79. The van der Waals surface area contributed by atoms with Gasteiger partial charge in [0, 0.05) is 38.3 Å². The minimum atomic E-state index is 0.248. The third-order valence-electron chi connectivity index (χ3n) is 5.56. The first kappa shape index (κ1) is 17.7. The van der Waals surface area contributed by atoms with E-state index in [0.29, 0.717) is 6.42 Å². The van der Waals surface area contributed by atoms with Crippen molar-refractivity contribution in [1.29, 1.82) is 0 Å². The van der Waals surface area contributed by atoms with Crippen molar-refractivity contribution >= 4 is 17.7 Å². The average molecular weight is 362 g/mol. The summed E-state index contributed by atoms with van der Waals surface area (Å²) in [5.41, 5.74) is 5.09. The van der Waals surface area contributed by atoms with Gasteiger partial charge in [-0.2, -0.15) is 0 Å². The van der Waals surface area contributed by atoms with Gasteiger partial charge >= 0.3 is 0 Å². The Morgan fingerprint density at radius 3 is 2.56 bits per heavy atom. The van der Waals surface area contributed by atoms with E-state index in [0.717, 1.165) is 51.1 Å². The summed E-state index contributed by atoms with van der Waals surface area (Å²) < 4.78 is 0. The van der Waals surface area contributed by atoms with E-state index in [9.17, 15) is 9.90 Å². The first-order valence-electron chi connectivity index (χ1n) is 9.79. The van der Waals surface area contributed by atoms with Crippen molar-refractivity contribution < 1.29 is 9.90 Å². The predicted octanol–water partition coefficient (Wildman–Crippen LogP) is 3.63. The van der Waals surface area contributed by atoms with Gasteiger partial charge in [-0.15, -0.1) is 0 Å². The molecule has 1 amide bonds. The fourth-order valence-electron chi connectivity index (χ4n) is 3.93. The Morgan fingerprint density at radius 1 is 1.00 bits per heavy atom. The predicted molar refractivity (Wildman–Crippen MR) is 109 cm³/mol. The molecule has 0 unspecified atom stereocenters. The maximum absolute atomic E-state index is 12.6. The first-order chi connectivity index (χ1) is 13.2. The van der Waals surface area contributed by atoms with Crippen molar-refractivity contribution in [3.8, 4) is 5.75 Å². The Hall–Kier alpha value is -2.75. The molecule has 1 saturated heterocycles. The number of phenols is 1. The number of nitrogens with zero attached hydrogens (tertiary/aromatic N) is 2. The minimum absolute atomic E-state index is 0.248. The molecule has 2 aromatic rings. The monoisotopic (exact) mass is 362 g/mol. The van der Waals surface area contributed by atoms with Crippen LogP contribution in [-0.4, -0.2) is 42.1 Å². The molecular formula is C23H26N2O2. The number of hydrogen-bond acceptors (Lipinski definition) is 3. The van der Waals surface area contributed by atoms with Gasteiger partial charge in [0.25, 0.3) is 0 Å². The average Bonchev–Trinajstić information content (AvgIpc) is 2.72. The van der Waals surface area contributed by atoms with Gasteiger partial charge in [0.05, 0.1) is 0 Å². The topological polar surface area (TPSA) is 43.8 Å². The summed E-state index contributed by atoms with van der Waals surface area (Å²) in [6.45, 7) is 3.19. The van der Waals surface area contributed by atoms with E-state index < -0.39 is 0 Å². The third-order valence-corrected chi connectivity index (χ3v) is 5.56. The van der Waals surface area contributed by atoms with E-state index in [1.165, 1.54) is 16.7 Å². The van der Waals surface area contributed by atoms with Crippen LogP contribution < -0.4 is 4.90 Å².